The fourth-order valence-corrected chi connectivity index (χ4v) is 0.790. The Morgan fingerprint density at radius 1 is 1.55 bits per heavy atom. The Morgan fingerprint density at radius 3 is 2.36 bits per heavy atom. The van der Waals surface area contributed by atoms with Gasteiger partial charge in [0.1, 0.15) is 5.71 Å². The van der Waals surface area contributed by atoms with Crippen molar-refractivity contribution < 1.29 is 9.53 Å². The summed E-state index contributed by atoms with van der Waals surface area (Å²) < 4.78 is 4.79. The van der Waals surface area contributed by atoms with Crippen LogP contribution in [0, 0.1) is 5.92 Å². The molecule has 0 heterocycles. The van der Waals surface area contributed by atoms with Crippen molar-refractivity contribution in [1.29, 1.82) is 0 Å². The molecule has 0 spiro atoms. The largest absolute Gasteiger partial charge is 0.462 e. The molecule has 0 bridgehead atoms. The maximum absolute atomic E-state index is 11.1. The van der Waals surface area contributed by atoms with Crippen LogP contribution >= 0.6 is 0 Å². The van der Waals surface area contributed by atoms with Gasteiger partial charge in [0, 0.05) is 13.0 Å². The molecule has 0 unspecified atom stereocenters. The maximum Gasteiger partial charge on any atom is 0.352 e. The Hall–Kier alpha value is -0.860. The van der Waals surface area contributed by atoms with Gasteiger partial charge >= 0.3 is 5.97 Å². The van der Waals surface area contributed by atoms with Crippen LogP contribution in [0.4, 0.5) is 0 Å². The lowest BCUT2D eigenvalue weighted by atomic mass is 10.1. The van der Waals surface area contributed by atoms with Crippen molar-refractivity contribution in [3.63, 3.8) is 0 Å². The van der Waals surface area contributed by atoms with Crippen molar-refractivity contribution in [2.24, 2.45) is 10.9 Å². The fourth-order valence-electron chi connectivity index (χ4n) is 0.790. The first-order chi connectivity index (χ1) is 5.13. The zero-order valence-corrected chi connectivity index (χ0v) is 7.55. The zero-order chi connectivity index (χ0) is 8.85. The quantitative estimate of drug-likeness (QED) is 0.457. The van der Waals surface area contributed by atoms with E-state index in [1.165, 1.54) is 0 Å². The van der Waals surface area contributed by atoms with Gasteiger partial charge in [-0.15, -0.1) is 0 Å². The molecule has 0 aromatic carbocycles. The van der Waals surface area contributed by atoms with E-state index in [-0.39, 0.29) is 11.9 Å². The zero-order valence-electron chi connectivity index (χ0n) is 7.55. The third-order valence-electron chi connectivity index (χ3n) is 1.27. The molecule has 0 rings (SSSR count). The van der Waals surface area contributed by atoms with E-state index in [0.29, 0.717) is 12.3 Å². The summed E-state index contributed by atoms with van der Waals surface area (Å²) in [6, 6.07) is 0. The topological polar surface area (TPSA) is 38.7 Å². The highest BCUT2D eigenvalue weighted by Gasteiger charge is 2.14. The molecule has 0 atom stereocenters. The van der Waals surface area contributed by atoms with Crippen LogP contribution in [-0.2, 0) is 9.53 Å². The Kier molecular flexibility index (Phi) is 4.50. The van der Waals surface area contributed by atoms with E-state index < -0.39 is 0 Å². The van der Waals surface area contributed by atoms with E-state index in [1.807, 2.05) is 13.8 Å². The van der Waals surface area contributed by atoms with Gasteiger partial charge in [-0.3, -0.25) is 4.99 Å². The number of carbonyl (C=O) groups excluding carboxylic acids is 1. The number of carbonyl (C=O) groups is 1. The Labute approximate surface area is 67.5 Å². The van der Waals surface area contributed by atoms with Crippen LogP contribution in [0.2, 0.25) is 0 Å². The van der Waals surface area contributed by atoms with Crippen LogP contribution in [0.5, 0.6) is 0 Å². The number of rotatable bonds is 3. The second-order valence-corrected chi connectivity index (χ2v) is 2.48. The van der Waals surface area contributed by atoms with Crippen molar-refractivity contribution in [3.05, 3.63) is 0 Å². The molecule has 0 aromatic rings. The summed E-state index contributed by atoms with van der Waals surface area (Å²) in [5, 5.41) is 0. The molecule has 0 radical (unpaired) electrons. The van der Waals surface area contributed by atoms with Gasteiger partial charge in [-0.25, -0.2) is 4.79 Å². The van der Waals surface area contributed by atoms with Crippen molar-refractivity contribution in [2.75, 3.05) is 13.7 Å². The number of nitrogens with zero attached hydrogens (tertiary/aromatic N) is 1. The molecule has 11 heavy (non-hydrogen) atoms. The van der Waals surface area contributed by atoms with Crippen molar-refractivity contribution >= 4 is 11.7 Å². The molecule has 0 saturated heterocycles. The molecule has 0 aliphatic rings. The smallest absolute Gasteiger partial charge is 0.352 e. The van der Waals surface area contributed by atoms with Crippen molar-refractivity contribution in [1.82, 2.24) is 0 Å². The summed E-state index contributed by atoms with van der Waals surface area (Å²) in [5.74, 6) is -0.163. The predicted octanol–water partition coefficient (Wildman–Crippen LogP) is 1.28. The molecular formula is C8H15NO2. The second kappa shape index (κ2) is 4.88. The molecule has 0 fully saturated rings. The van der Waals surface area contributed by atoms with Gasteiger partial charge in [0.2, 0.25) is 0 Å². The minimum absolute atomic E-state index is 0.138. The highest BCUT2D eigenvalue weighted by atomic mass is 16.5. The second-order valence-electron chi connectivity index (χ2n) is 2.48. The highest BCUT2D eigenvalue weighted by molar-refractivity contribution is 6.37. The van der Waals surface area contributed by atoms with Crippen LogP contribution in [-0.4, -0.2) is 25.3 Å². The number of hydrogen-bond donors (Lipinski definition) is 0. The van der Waals surface area contributed by atoms with Crippen LogP contribution in [0.3, 0.4) is 0 Å². The molecule has 0 N–H and O–H groups in total. The minimum Gasteiger partial charge on any atom is -0.462 e. The van der Waals surface area contributed by atoms with Crippen LogP contribution in [0.15, 0.2) is 4.99 Å². The van der Waals surface area contributed by atoms with Gasteiger partial charge < -0.3 is 4.74 Å². The van der Waals surface area contributed by atoms with Crippen molar-refractivity contribution in [3.8, 4) is 0 Å². The molecule has 0 aliphatic heterocycles. The van der Waals surface area contributed by atoms with Crippen LogP contribution < -0.4 is 0 Å². The summed E-state index contributed by atoms with van der Waals surface area (Å²) in [6.07, 6.45) is 0. The molecule has 3 nitrogen and oxygen atoms in total. The van der Waals surface area contributed by atoms with E-state index in [0.717, 1.165) is 0 Å². The van der Waals surface area contributed by atoms with Crippen LogP contribution in [0.25, 0.3) is 0 Å². The third-order valence-corrected chi connectivity index (χ3v) is 1.27. The molecule has 0 amide bonds. The summed E-state index contributed by atoms with van der Waals surface area (Å²) in [4.78, 5) is 14.9. The molecule has 3 heteroatoms. The first-order valence-electron chi connectivity index (χ1n) is 3.77. The summed E-state index contributed by atoms with van der Waals surface area (Å²) in [5.41, 5.74) is 0.506. The minimum atomic E-state index is -0.301. The molecular weight excluding hydrogens is 142 g/mol. The first kappa shape index (κ1) is 10.1. The number of ether oxygens (including phenoxy) is 1. The van der Waals surface area contributed by atoms with E-state index in [9.17, 15) is 4.79 Å². The van der Waals surface area contributed by atoms with Gasteiger partial charge in [0.25, 0.3) is 0 Å². The number of aliphatic imine (C=N–C) groups is 1. The molecule has 0 aliphatic carbocycles. The Bertz CT molecular complexity index is 161. The van der Waals surface area contributed by atoms with E-state index >= 15 is 0 Å². The fraction of sp³-hybridized carbons (Fsp3) is 0.750. The third kappa shape index (κ3) is 3.16. The standard InChI is InChI=1S/C8H15NO2/c1-5-11-8(10)7(9-4)6(2)3/h6H,5H2,1-4H3. The average molecular weight is 157 g/mol. The molecule has 64 valence electrons. The van der Waals surface area contributed by atoms with Crippen LogP contribution in [0.1, 0.15) is 20.8 Å². The van der Waals surface area contributed by atoms with E-state index in [1.54, 1.807) is 14.0 Å². The average Bonchev–Trinajstić information content (AvgIpc) is 1.88. The summed E-state index contributed by atoms with van der Waals surface area (Å²) >= 11 is 0. The van der Waals surface area contributed by atoms with E-state index in [4.69, 9.17) is 4.74 Å². The summed E-state index contributed by atoms with van der Waals surface area (Å²) in [6.45, 7) is 6.02. The Balaban J connectivity index is 4.17. The van der Waals surface area contributed by atoms with Gasteiger partial charge in [0.15, 0.2) is 0 Å². The predicted molar refractivity (Wildman–Crippen MR) is 44.8 cm³/mol. The van der Waals surface area contributed by atoms with Gasteiger partial charge in [-0.2, -0.15) is 0 Å². The van der Waals surface area contributed by atoms with Gasteiger partial charge in [-0.05, 0) is 6.92 Å². The molecule has 0 aromatic heterocycles. The lowest BCUT2D eigenvalue weighted by Gasteiger charge is -2.06. The van der Waals surface area contributed by atoms with Crippen molar-refractivity contribution in [2.45, 2.75) is 20.8 Å². The summed E-state index contributed by atoms with van der Waals surface area (Å²) in [7, 11) is 1.60. The van der Waals surface area contributed by atoms with E-state index in [2.05, 4.69) is 4.99 Å². The van der Waals surface area contributed by atoms with Gasteiger partial charge in [0.05, 0.1) is 6.61 Å². The van der Waals surface area contributed by atoms with Gasteiger partial charge in [-0.1, -0.05) is 13.8 Å². The SMILES string of the molecule is CCOC(=O)C(=NC)C(C)C. The first-order valence-corrected chi connectivity index (χ1v) is 3.77. The lowest BCUT2D eigenvalue weighted by molar-refractivity contribution is -0.135. The lowest BCUT2D eigenvalue weighted by Crippen LogP contribution is -2.22. The monoisotopic (exact) mass is 157 g/mol. The number of esters is 1. The molecule has 0 saturated carbocycles. The Morgan fingerprint density at radius 2 is 2.09 bits per heavy atom. The maximum atomic E-state index is 11.1. The normalized spacial score (nSPS) is 11.9. The highest BCUT2D eigenvalue weighted by Crippen LogP contribution is 1.98. The number of hydrogen-bond acceptors (Lipinski definition) is 3.